The third kappa shape index (κ3) is 4.56. The topological polar surface area (TPSA) is 70.2 Å². The average molecular weight is 376 g/mol. The molecule has 3 N–H and O–H groups in total. The summed E-state index contributed by atoms with van der Waals surface area (Å²) >= 11 is 3.45. The number of aryl methyl sites for hydroxylation is 1. The van der Waals surface area contributed by atoms with E-state index in [9.17, 15) is 9.59 Å². The number of hydrogen-bond acceptors (Lipinski definition) is 3. The van der Waals surface area contributed by atoms with Gasteiger partial charge < -0.3 is 10.6 Å². The van der Waals surface area contributed by atoms with Crippen molar-refractivity contribution < 1.29 is 9.59 Å². The summed E-state index contributed by atoms with van der Waals surface area (Å²) in [6, 6.07) is 13.8. The Morgan fingerprint density at radius 2 is 1.78 bits per heavy atom. The number of urea groups is 1. The minimum Gasteiger partial charge on any atom is -0.370 e. The van der Waals surface area contributed by atoms with Gasteiger partial charge in [-0.1, -0.05) is 46.3 Å². The minimum atomic E-state index is -0.672. The third-order valence-corrected chi connectivity index (χ3v) is 4.22. The highest BCUT2D eigenvalue weighted by Gasteiger charge is 2.22. The van der Waals surface area contributed by atoms with Crippen LogP contribution >= 0.6 is 15.9 Å². The second kappa shape index (κ2) is 7.78. The molecule has 0 bridgehead atoms. The van der Waals surface area contributed by atoms with Crippen LogP contribution in [0.3, 0.4) is 0 Å². The molecule has 0 aliphatic rings. The molecule has 1 atom stereocenters. The van der Waals surface area contributed by atoms with Crippen LogP contribution in [-0.4, -0.2) is 19.0 Å². The van der Waals surface area contributed by atoms with E-state index < -0.39 is 18.0 Å². The van der Waals surface area contributed by atoms with Crippen molar-refractivity contribution in [1.82, 2.24) is 10.6 Å². The number of nitrogens with one attached hydrogen (secondary N) is 3. The lowest BCUT2D eigenvalue weighted by Gasteiger charge is -2.20. The highest BCUT2D eigenvalue weighted by atomic mass is 79.9. The van der Waals surface area contributed by atoms with Gasteiger partial charge in [0.05, 0.1) is 0 Å². The number of amides is 3. The second-order valence-electron chi connectivity index (χ2n) is 5.02. The van der Waals surface area contributed by atoms with Crippen molar-refractivity contribution in [2.75, 3.05) is 12.4 Å². The highest BCUT2D eigenvalue weighted by molar-refractivity contribution is 9.10. The van der Waals surface area contributed by atoms with E-state index >= 15 is 0 Å². The van der Waals surface area contributed by atoms with Gasteiger partial charge >= 0.3 is 6.03 Å². The van der Waals surface area contributed by atoms with Gasteiger partial charge in [0.15, 0.2) is 0 Å². The first kappa shape index (κ1) is 17.0. The number of rotatable bonds is 4. The van der Waals surface area contributed by atoms with Gasteiger partial charge in [0.25, 0.3) is 5.91 Å². The largest absolute Gasteiger partial charge is 0.370 e. The Morgan fingerprint density at radius 1 is 1.09 bits per heavy atom. The normalized spacial score (nSPS) is 11.4. The van der Waals surface area contributed by atoms with Crippen LogP contribution in [0.4, 0.5) is 10.5 Å². The zero-order chi connectivity index (χ0) is 16.8. The molecule has 5 nitrogen and oxygen atoms in total. The lowest BCUT2D eigenvalue weighted by Crippen LogP contribution is -2.42. The number of carbonyl (C=O) groups is 2. The number of benzene rings is 2. The summed E-state index contributed by atoms with van der Waals surface area (Å²) in [6.45, 7) is 1.97. The number of halogens is 1. The molecule has 0 fully saturated rings. The summed E-state index contributed by atoms with van der Waals surface area (Å²) in [4.78, 5) is 23.9. The molecule has 2 aromatic rings. The van der Waals surface area contributed by atoms with Gasteiger partial charge in [-0.2, -0.15) is 0 Å². The molecule has 0 saturated heterocycles. The summed E-state index contributed by atoms with van der Waals surface area (Å²) in [5.41, 5.74) is 2.62. The molecule has 0 unspecified atom stereocenters. The van der Waals surface area contributed by atoms with E-state index in [-0.39, 0.29) is 0 Å². The first-order valence-electron chi connectivity index (χ1n) is 7.11. The van der Waals surface area contributed by atoms with Crippen LogP contribution in [0.25, 0.3) is 0 Å². The van der Waals surface area contributed by atoms with Crippen LogP contribution in [0.2, 0.25) is 0 Å². The smallest absolute Gasteiger partial charge is 0.321 e. The SMILES string of the molecule is CNC(=O)NC(=O)[C@@H](Nc1ccc(Br)c(C)c1)c1ccccc1. The Kier molecular flexibility index (Phi) is 5.76. The fraction of sp³-hybridized carbons (Fsp3) is 0.176. The van der Waals surface area contributed by atoms with Gasteiger partial charge in [-0.05, 0) is 36.2 Å². The first-order valence-corrected chi connectivity index (χ1v) is 7.90. The van der Waals surface area contributed by atoms with Gasteiger partial charge in [-0.15, -0.1) is 0 Å². The fourth-order valence-electron chi connectivity index (χ4n) is 2.09. The van der Waals surface area contributed by atoms with Crippen molar-refractivity contribution in [3.8, 4) is 0 Å². The monoisotopic (exact) mass is 375 g/mol. The van der Waals surface area contributed by atoms with E-state index in [1.807, 2.05) is 55.5 Å². The van der Waals surface area contributed by atoms with Gasteiger partial charge in [0.1, 0.15) is 6.04 Å². The Morgan fingerprint density at radius 3 is 2.39 bits per heavy atom. The lowest BCUT2D eigenvalue weighted by molar-refractivity contribution is -0.120. The van der Waals surface area contributed by atoms with Crippen molar-refractivity contribution >= 4 is 33.6 Å². The Labute approximate surface area is 143 Å². The van der Waals surface area contributed by atoms with Crippen LogP contribution in [0.15, 0.2) is 53.0 Å². The van der Waals surface area contributed by atoms with E-state index in [4.69, 9.17) is 0 Å². The van der Waals surface area contributed by atoms with Crippen LogP contribution in [0.5, 0.6) is 0 Å². The third-order valence-electron chi connectivity index (χ3n) is 3.33. The van der Waals surface area contributed by atoms with Crippen LogP contribution in [0.1, 0.15) is 17.2 Å². The molecule has 2 rings (SSSR count). The van der Waals surface area contributed by atoms with E-state index in [0.717, 1.165) is 21.3 Å². The zero-order valence-corrected chi connectivity index (χ0v) is 14.5. The molecule has 0 aliphatic carbocycles. The molecule has 120 valence electrons. The van der Waals surface area contributed by atoms with Crippen molar-refractivity contribution in [2.45, 2.75) is 13.0 Å². The molecule has 0 aromatic heterocycles. The van der Waals surface area contributed by atoms with Crippen LogP contribution < -0.4 is 16.0 Å². The highest BCUT2D eigenvalue weighted by Crippen LogP contribution is 2.24. The van der Waals surface area contributed by atoms with Gasteiger partial charge in [0, 0.05) is 17.2 Å². The van der Waals surface area contributed by atoms with Gasteiger partial charge in [0.2, 0.25) is 0 Å². The molecule has 0 spiro atoms. The molecule has 23 heavy (non-hydrogen) atoms. The van der Waals surface area contributed by atoms with Gasteiger partial charge in [-0.3, -0.25) is 10.1 Å². The van der Waals surface area contributed by atoms with Crippen molar-refractivity contribution in [3.05, 3.63) is 64.1 Å². The molecule has 3 amide bonds. The summed E-state index contributed by atoms with van der Waals surface area (Å²) in [5.74, 6) is -0.420. The number of anilines is 1. The minimum absolute atomic E-state index is 0.420. The van der Waals surface area contributed by atoms with E-state index in [1.54, 1.807) is 0 Å². The van der Waals surface area contributed by atoms with Crippen molar-refractivity contribution in [3.63, 3.8) is 0 Å². The van der Waals surface area contributed by atoms with Crippen molar-refractivity contribution in [1.29, 1.82) is 0 Å². The predicted molar refractivity (Wildman–Crippen MR) is 94.3 cm³/mol. The maximum Gasteiger partial charge on any atom is 0.321 e. The van der Waals surface area contributed by atoms with E-state index in [1.165, 1.54) is 7.05 Å². The van der Waals surface area contributed by atoms with E-state index in [2.05, 4.69) is 31.9 Å². The average Bonchev–Trinajstić information content (AvgIpc) is 2.56. The van der Waals surface area contributed by atoms with Crippen molar-refractivity contribution in [2.24, 2.45) is 0 Å². The molecule has 0 saturated carbocycles. The Hall–Kier alpha value is -2.34. The zero-order valence-electron chi connectivity index (χ0n) is 12.9. The maximum absolute atomic E-state index is 12.4. The van der Waals surface area contributed by atoms with Crippen LogP contribution in [-0.2, 0) is 4.79 Å². The molecular weight excluding hydrogens is 358 g/mol. The summed E-state index contributed by atoms with van der Waals surface area (Å²) < 4.78 is 0.995. The summed E-state index contributed by atoms with van der Waals surface area (Å²) in [5, 5.41) is 7.87. The quantitative estimate of drug-likeness (QED) is 0.766. The standard InChI is InChI=1S/C17H18BrN3O2/c1-11-10-13(8-9-14(11)18)20-15(12-6-4-3-5-7-12)16(22)21-17(23)19-2/h3-10,15,20H,1-2H3,(H2,19,21,22,23)/t15-/m0/s1. The Bertz CT molecular complexity index is 704. The molecule has 0 radical (unpaired) electrons. The van der Waals surface area contributed by atoms with Crippen LogP contribution in [0, 0.1) is 6.92 Å². The number of hydrogen-bond donors (Lipinski definition) is 3. The summed E-state index contributed by atoms with van der Waals surface area (Å²) in [7, 11) is 1.46. The summed E-state index contributed by atoms with van der Waals surface area (Å²) in [6.07, 6.45) is 0. The molecular formula is C17H18BrN3O2. The Balaban J connectivity index is 2.28. The molecule has 0 heterocycles. The fourth-order valence-corrected chi connectivity index (χ4v) is 2.34. The molecule has 2 aromatic carbocycles. The first-order chi connectivity index (χ1) is 11.0. The maximum atomic E-state index is 12.4. The second-order valence-corrected chi connectivity index (χ2v) is 5.87. The number of imide groups is 1. The number of carbonyl (C=O) groups excluding carboxylic acids is 2. The van der Waals surface area contributed by atoms with E-state index in [0.29, 0.717) is 0 Å². The molecule has 6 heteroatoms. The molecule has 0 aliphatic heterocycles. The van der Waals surface area contributed by atoms with Gasteiger partial charge in [-0.25, -0.2) is 4.79 Å². The lowest BCUT2D eigenvalue weighted by atomic mass is 10.1. The predicted octanol–water partition coefficient (Wildman–Crippen LogP) is 3.37.